The summed E-state index contributed by atoms with van der Waals surface area (Å²) in [6.45, 7) is 1.91. The number of benzene rings is 1. The van der Waals surface area contributed by atoms with Crippen LogP contribution in [0.1, 0.15) is 31.4 Å². The molecule has 3 aromatic rings. The van der Waals surface area contributed by atoms with Crippen molar-refractivity contribution in [1.82, 2.24) is 14.8 Å². The molecule has 1 atom stereocenters. The SMILES string of the molecule is Cc1occc1-c1nnc(SC2CCCCC2=O)n1-c1ccccc1. The van der Waals surface area contributed by atoms with Gasteiger partial charge in [0, 0.05) is 12.1 Å². The van der Waals surface area contributed by atoms with E-state index >= 15 is 0 Å². The topological polar surface area (TPSA) is 60.9 Å². The van der Waals surface area contributed by atoms with Gasteiger partial charge >= 0.3 is 0 Å². The fourth-order valence-corrected chi connectivity index (χ4v) is 4.32. The molecule has 0 saturated heterocycles. The fourth-order valence-electron chi connectivity index (χ4n) is 3.15. The molecule has 2 heterocycles. The number of rotatable bonds is 4. The van der Waals surface area contributed by atoms with E-state index in [-0.39, 0.29) is 5.25 Å². The summed E-state index contributed by atoms with van der Waals surface area (Å²) in [6.07, 6.45) is 5.33. The number of aryl methyl sites for hydroxylation is 1. The Hall–Kier alpha value is -2.34. The molecule has 0 radical (unpaired) electrons. The van der Waals surface area contributed by atoms with Gasteiger partial charge in [0.25, 0.3) is 0 Å². The van der Waals surface area contributed by atoms with Crippen molar-refractivity contribution in [2.75, 3.05) is 0 Å². The third-order valence-corrected chi connectivity index (χ3v) is 5.75. The molecule has 25 heavy (non-hydrogen) atoms. The monoisotopic (exact) mass is 353 g/mol. The number of Topliss-reactive ketones (excluding diaryl/α,β-unsaturated/α-hetero) is 1. The van der Waals surface area contributed by atoms with Gasteiger partial charge in [-0.15, -0.1) is 10.2 Å². The molecule has 2 aromatic heterocycles. The molecule has 128 valence electrons. The van der Waals surface area contributed by atoms with Crippen LogP contribution in [0.2, 0.25) is 0 Å². The second-order valence-electron chi connectivity index (χ2n) is 6.19. The van der Waals surface area contributed by atoms with Gasteiger partial charge in [0.05, 0.1) is 17.1 Å². The molecule has 0 N–H and O–H groups in total. The Balaban J connectivity index is 1.78. The Labute approximate surface area is 150 Å². The van der Waals surface area contributed by atoms with E-state index < -0.39 is 0 Å². The lowest BCUT2D eigenvalue weighted by atomic mass is 9.99. The third kappa shape index (κ3) is 3.14. The van der Waals surface area contributed by atoms with Crippen molar-refractivity contribution in [1.29, 1.82) is 0 Å². The number of para-hydroxylation sites is 1. The second kappa shape index (κ2) is 6.88. The summed E-state index contributed by atoms with van der Waals surface area (Å²) < 4.78 is 7.46. The van der Waals surface area contributed by atoms with Gasteiger partial charge in [-0.1, -0.05) is 36.4 Å². The maximum atomic E-state index is 12.2. The van der Waals surface area contributed by atoms with Crippen LogP contribution in [0.4, 0.5) is 0 Å². The number of aromatic nitrogens is 3. The molecule has 1 fully saturated rings. The summed E-state index contributed by atoms with van der Waals surface area (Å²) in [5.41, 5.74) is 1.90. The number of hydrogen-bond acceptors (Lipinski definition) is 5. The highest BCUT2D eigenvalue weighted by molar-refractivity contribution is 8.00. The van der Waals surface area contributed by atoms with Crippen LogP contribution in [0, 0.1) is 6.92 Å². The van der Waals surface area contributed by atoms with Crippen LogP contribution in [-0.2, 0) is 4.79 Å². The fraction of sp³-hybridized carbons (Fsp3) is 0.316. The smallest absolute Gasteiger partial charge is 0.196 e. The van der Waals surface area contributed by atoms with Crippen LogP contribution in [0.15, 0.2) is 52.2 Å². The minimum absolute atomic E-state index is 0.0290. The molecular formula is C19H19N3O2S. The summed E-state index contributed by atoms with van der Waals surface area (Å²) in [5, 5.41) is 9.53. The maximum Gasteiger partial charge on any atom is 0.196 e. The van der Waals surface area contributed by atoms with Gasteiger partial charge in [0.1, 0.15) is 11.5 Å². The van der Waals surface area contributed by atoms with Crippen LogP contribution >= 0.6 is 11.8 Å². The van der Waals surface area contributed by atoms with Gasteiger partial charge in [-0.05, 0) is 38.0 Å². The largest absolute Gasteiger partial charge is 0.469 e. The zero-order valence-corrected chi connectivity index (χ0v) is 14.8. The Morgan fingerprint density at radius 2 is 2.00 bits per heavy atom. The molecule has 0 amide bonds. The highest BCUT2D eigenvalue weighted by atomic mass is 32.2. The molecule has 1 saturated carbocycles. The standard InChI is InChI=1S/C19H19N3O2S/c1-13-15(11-12-24-13)18-20-21-19(22(18)14-7-3-2-4-8-14)25-17-10-6-5-9-16(17)23/h2-4,7-8,11-12,17H,5-6,9-10H2,1H3. The first-order chi connectivity index (χ1) is 12.2. The van der Waals surface area contributed by atoms with Crippen LogP contribution in [0.5, 0.6) is 0 Å². The molecule has 1 aliphatic rings. The summed E-state index contributed by atoms with van der Waals surface area (Å²) in [4.78, 5) is 12.2. The van der Waals surface area contributed by atoms with Crippen molar-refractivity contribution in [3.63, 3.8) is 0 Å². The van der Waals surface area contributed by atoms with Gasteiger partial charge in [-0.2, -0.15) is 0 Å². The van der Waals surface area contributed by atoms with Gasteiger partial charge in [0.2, 0.25) is 0 Å². The maximum absolute atomic E-state index is 12.2. The molecule has 1 unspecified atom stereocenters. The van der Waals surface area contributed by atoms with Crippen molar-refractivity contribution < 1.29 is 9.21 Å². The predicted molar refractivity (Wildman–Crippen MR) is 96.9 cm³/mol. The first-order valence-electron chi connectivity index (χ1n) is 8.48. The molecule has 5 nitrogen and oxygen atoms in total. The highest BCUT2D eigenvalue weighted by Crippen LogP contribution is 2.35. The molecule has 0 aliphatic heterocycles. The number of nitrogens with zero attached hydrogens (tertiary/aromatic N) is 3. The number of ketones is 1. The van der Waals surface area contributed by atoms with Crippen LogP contribution < -0.4 is 0 Å². The van der Waals surface area contributed by atoms with E-state index in [1.807, 2.05) is 47.9 Å². The van der Waals surface area contributed by atoms with Gasteiger partial charge < -0.3 is 4.42 Å². The Morgan fingerprint density at radius 3 is 2.72 bits per heavy atom. The molecule has 4 rings (SSSR count). The van der Waals surface area contributed by atoms with Gasteiger partial charge in [0.15, 0.2) is 11.0 Å². The zero-order chi connectivity index (χ0) is 17.2. The van der Waals surface area contributed by atoms with E-state index in [1.165, 1.54) is 11.8 Å². The first-order valence-corrected chi connectivity index (χ1v) is 9.36. The molecule has 6 heteroatoms. The molecule has 1 aliphatic carbocycles. The molecule has 1 aromatic carbocycles. The lowest BCUT2D eigenvalue weighted by Gasteiger charge is -2.19. The number of hydrogen-bond donors (Lipinski definition) is 0. The first kappa shape index (κ1) is 16.1. The third-order valence-electron chi connectivity index (χ3n) is 4.49. The Kier molecular flexibility index (Phi) is 4.44. The summed E-state index contributed by atoms with van der Waals surface area (Å²) >= 11 is 1.53. The minimum Gasteiger partial charge on any atom is -0.469 e. The highest BCUT2D eigenvalue weighted by Gasteiger charge is 2.27. The van der Waals surface area contributed by atoms with Crippen molar-refractivity contribution in [3.8, 4) is 17.1 Å². The number of carbonyl (C=O) groups is 1. The van der Waals surface area contributed by atoms with Crippen LogP contribution in [-0.4, -0.2) is 25.8 Å². The van der Waals surface area contributed by atoms with E-state index in [2.05, 4.69) is 10.2 Å². The molecular weight excluding hydrogens is 334 g/mol. The van der Waals surface area contributed by atoms with Gasteiger partial charge in [-0.3, -0.25) is 9.36 Å². The average Bonchev–Trinajstić information content (AvgIpc) is 3.23. The average molecular weight is 353 g/mol. The molecule has 0 bridgehead atoms. The van der Waals surface area contributed by atoms with Crippen molar-refractivity contribution in [2.45, 2.75) is 43.0 Å². The van der Waals surface area contributed by atoms with E-state index in [0.717, 1.165) is 47.3 Å². The van der Waals surface area contributed by atoms with Crippen LogP contribution in [0.3, 0.4) is 0 Å². The number of thioether (sulfide) groups is 1. The van der Waals surface area contributed by atoms with Crippen LogP contribution in [0.25, 0.3) is 17.1 Å². The Bertz CT molecular complexity index is 885. The second-order valence-corrected chi connectivity index (χ2v) is 7.36. The van der Waals surface area contributed by atoms with Crippen molar-refractivity contribution in [3.05, 3.63) is 48.4 Å². The number of furan rings is 1. The van der Waals surface area contributed by atoms with E-state index in [9.17, 15) is 4.79 Å². The van der Waals surface area contributed by atoms with Gasteiger partial charge in [-0.25, -0.2) is 0 Å². The predicted octanol–water partition coefficient (Wildman–Crippen LogP) is 4.44. The van der Waals surface area contributed by atoms with Crippen molar-refractivity contribution >= 4 is 17.5 Å². The normalized spacial score (nSPS) is 17.8. The van der Waals surface area contributed by atoms with Crippen molar-refractivity contribution in [2.24, 2.45) is 0 Å². The lowest BCUT2D eigenvalue weighted by Crippen LogP contribution is -2.21. The quantitative estimate of drug-likeness (QED) is 0.694. The van der Waals surface area contributed by atoms with E-state index in [1.54, 1.807) is 6.26 Å². The number of carbonyl (C=O) groups excluding carboxylic acids is 1. The Morgan fingerprint density at radius 1 is 1.16 bits per heavy atom. The summed E-state index contributed by atoms with van der Waals surface area (Å²) in [7, 11) is 0. The lowest BCUT2D eigenvalue weighted by molar-refractivity contribution is -0.119. The molecule has 0 spiro atoms. The summed E-state index contributed by atoms with van der Waals surface area (Å²) in [6, 6.07) is 11.9. The zero-order valence-electron chi connectivity index (χ0n) is 14.0. The minimum atomic E-state index is -0.0290. The van der Waals surface area contributed by atoms with E-state index in [0.29, 0.717) is 12.2 Å². The summed E-state index contributed by atoms with van der Waals surface area (Å²) in [5.74, 6) is 1.86. The van der Waals surface area contributed by atoms with E-state index in [4.69, 9.17) is 4.42 Å².